The molecule has 3 aromatic rings. The molecule has 8 heteroatoms. The third-order valence-corrected chi connectivity index (χ3v) is 8.51. The number of anilines is 1. The van der Waals surface area contributed by atoms with Gasteiger partial charge in [0.05, 0.1) is 15.9 Å². The zero-order chi connectivity index (χ0) is 23.0. The topological polar surface area (TPSA) is 69.6 Å². The van der Waals surface area contributed by atoms with Crippen LogP contribution in [0.5, 0.6) is 0 Å². The molecular weight excluding hydrogens is 456 g/mol. The second-order valence-corrected chi connectivity index (χ2v) is 10.6. The molecule has 0 radical (unpaired) electrons. The smallest absolute Gasteiger partial charge is 0.264 e. The van der Waals surface area contributed by atoms with Crippen LogP contribution in [0.3, 0.4) is 0 Å². The van der Waals surface area contributed by atoms with Crippen molar-refractivity contribution in [3.8, 4) is 0 Å². The summed E-state index contributed by atoms with van der Waals surface area (Å²) in [5.74, 6) is 0.987. The van der Waals surface area contributed by atoms with Gasteiger partial charge >= 0.3 is 0 Å². The highest BCUT2D eigenvalue weighted by molar-refractivity contribution is 7.20. The van der Waals surface area contributed by atoms with Crippen LogP contribution in [0, 0.1) is 6.92 Å². The van der Waals surface area contributed by atoms with Gasteiger partial charge in [0, 0.05) is 31.2 Å². The number of thiophene rings is 1. The fourth-order valence-corrected chi connectivity index (χ4v) is 6.29. The maximum atomic E-state index is 13.5. The van der Waals surface area contributed by atoms with E-state index >= 15 is 0 Å². The van der Waals surface area contributed by atoms with Crippen LogP contribution < -0.4 is 4.90 Å². The van der Waals surface area contributed by atoms with Gasteiger partial charge in [-0.3, -0.25) is 4.79 Å². The molecule has 4 heterocycles. The highest BCUT2D eigenvalue weighted by atomic mass is 35.5. The highest BCUT2D eigenvalue weighted by Gasteiger charge is 2.36. The van der Waals surface area contributed by atoms with Gasteiger partial charge in [-0.15, -0.1) is 11.3 Å². The molecule has 2 saturated heterocycles. The predicted octanol–water partition coefficient (Wildman–Crippen LogP) is 5.16. The second kappa shape index (κ2) is 9.20. The number of nitrogens with zero attached hydrogens (tertiary/aromatic N) is 4. The number of aromatic nitrogens is 2. The summed E-state index contributed by atoms with van der Waals surface area (Å²) < 4.78 is 0. The van der Waals surface area contributed by atoms with Crippen molar-refractivity contribution in [3.05, 3.63) is 51.6 Å². The monoisotopic (exact) mass is 484 g/mol. The van der Waals surface area contributed by atoms with E-state index in [2.05, 4.69) is 14.9 Å². The molecule has 2 fully saturated rings. The number of halogens is 1. The number of piperidine rings is 1. The summed E-state index contributed by atoms with van der Waals surface area (Å²) in [4.78, 5) is 28.5. The van der Waals surface area contributed by atoms with Crippen molar-refractivity contribution in [2.24, 2.45) is 0 Å². The Morgan fingerprint density at radius 1 is 1.03 bits per heavy atom. The van der Waals surface area contributed by atoms with E-state index in [0.29, 0.717) is 31.0 Å². The summed E-state index contributed by atoms with van der Waals surface area (Å²) in [5.41, 5.74) is 0.898. The van der Waals surface area contributed by atoms with E-state index in [0.717, 1.165) is 45.1 Å². The van der Waals surface area contributed by atoms with Crippen molar-refractivity contribution in [1.29, 1.82) is 0 Å². The van der Waals surface area contributed by atoms with E-state index in [1.807, 2.05) is 24.0 Å². The average Bonchev–Trinajstić information content (AvgIpc) is 2.99. The molecule has 0 aliphatic carbocycles. The molecule has 0 unspecified atom stereocenters. The van der Waals surface area contributed by atoms with Gasteiger partial charge in [0.25, 0.3) is 5.91 Å². The van der Waals surface area contributed by atoms with E-state index in [1.165, 1.54) is 37.0 Å². The molecule has 174 valence electrons. The maximum Gasteiger partial charge on any atom is 0.264 e. The van der Waals surface area contributed by atoms with E-state index in [1.54, 1.807) is 18.5 Å². The first-order chi connectivity index (χ1) is 16.0. The van der Waals surface area contributed by atoms with Gasteiger partial charge < -0.3 is 14.9 Å². The number of rotatable bonds is 3. The minimum absolute atomic E-state index is 0.0236. The summed E-state index contributed by atoms with van der Waals surface area (Å²) in [5, 5.41) is 12.8. The van der Waals surface area contributed by atoms with Crippen molar-refractivity contribution in [1.82, 2.24) is 14.9 Å². The lowest BCUT2D eigenvalue weighted by Gasteiger charge is -2.38. The number of hydrogen-bond donors (Lipinski definition) is 1. The largest absolute Gasteiger partial charge is 0.385 e. The van der Waals surface area contributed by atoms with E-state index in [9.17, 15) is 9.90 Å². The number of fused-ring (bicyclic) bond motifs is 1. The van der Waals surface area contributed by atoms with Crippen LogP contribution in [0.1, 0.15) is 59.3 Å². The molecule has 2 aliphatic heterocycles. The Labute approximate surface area is 203 Å². The first-order valence-corrected chi connectivity index (χ1v) is 12.9. The zero-order valence-electron chi connectivity index (χ0n) is 18.9. The fourth-order valence-electron chi connectivity index (χ4n) is 5.05. The lowest BCUT2D eigenvalue weighted by atomic mass is 9.84. The Hall–Kier alpha value is -2.22. The molecule has 0 spiro atoms. The number of carbonyl (C=O) groups is 1. The highest BCUT2D eigenvalue weighted by Crippen LogP contribution is 2.38. The van der Waals surface area contributed by atoms with Gasteiger partial charge in [-0.05, 0) is 55.9 Å². The van der Waals surface area contributed by atoms with Crippen LogP contribution in [-0.4, -0.2) is 52.1 Å². The van der Waals surface area contributed by atoms with E-state index in [4.69, 9.17) is 11.6 Å². The van der Waals surface area contributed by atoms with Gasteiger partial charge in [-0.2, -0.15) is 0 Å². The van der Waals surface area contributed by atoms with E-state index < -0.39 is 5.60 Å². The first kappa shape index (κ1) is 22.6. The van der Waals surface area contributed by atoms with Crippen LogP contribution in [0.4, 0.5) is 5.82 Å². The number of amides is 1. The number of hydrogen-bond acceptors (Lipinski definition) is 6. The summed E-state index contributed by atoms with van der Waals surface area (Å²) in [6.45, 7) is 5.04. The quantitative estimate of drug-likeness (QED) is 0.556. The molecule has 2 aromatic heterocycles. The molecule has 33 heavy (non-hydrogen) atoms. The Morgan fingerprint density at radius 2 is 1.70 bits per heavy atom. The van der Waals surface area contributed by atoms with Crippen LogP contribution in [0.15, 0.2) is 30.6 Å². The molecule has 1 N–H and O–H groups in total. The molecule has 6 nitrogen and oxygen atoms in total. The van der Waals surface area contributed by atoms with Crippen LogP contribution >= 0.6 is 22.9 Å². The lowest BCUT2D eigenvalue weighted by molar-refractivity contribution is -0.0210. The SMILES string of the molecule is Cc1c(C(=O)N2CCC(O)(c3ccc(Cl)cc3)CC2)sc2ncnc(N3CCCCCC3)c12. The van der Waals surface area contributed by atoms with Crippen molar-refractivity contribution < 1.29 is 9.90 Å². The normalized spacial score (nSPS) is 19.0. The number of benzene rings is 1. The molecule has 0 saturated carbocycles. The van der Waals surface area contributed by atoms with Crippen LogP contribution in [0.25, 0.3) is 10.2 Å². The Kier molecular flexibility index (Phi) is 6.29. The summed E-state index contributed by atoms with van der Waals surface area (Å²) in [6.07, 6.45) is 7.49. The molecule has 0 bridgehead atoms. The maximum absolute atomic E-state index is 13.5. The van der Waals surface area contributed by atoms with Crippen molar-refractivity contribution in [3.63, 3.8) is 0 Å². The Morgan fingerprint density at radius 3 is 2.36 bits per heavy atom. The molecule has 5 rings (SSSR count). The third-order valence-electron chi connectivity index (χ3n) is 7.07. The van der Waals surface area contributed by atoms with Crippen LogP contribution in [-0.2, 0) is 5.60 Å². The minimum Gasteiger partial charge on any atom is -0.385 e. The zero-order valence-corrected chi connectivity index (χ0v) is 20.5. The van der Waals surface area contributed by atoms with Gasteiger partial charge in [0.2, 0.25) is 0 Å². The van der Waals surface area contributed by atoms with Gasteiger partial charge in [-0.25, -0.2) is 9.97 Å². The fraction of sp³-hybridized carbons (Fsp3) is 0.480. The average molecular weight is 485 g/mol. The Bertz CT molecular complexity index is 1150. The van der Waals surface area contributed by atoms with Crippen molar-refractivity contribution in [2.45, 2.75) is 51.0 Å². The minimum atomic E-state index is -0.929. The predicted molar refractivity (Wildman–Crippen MR) is 133 cm³/mol. The number of aliphatic hydroxyl groups is 1. The van der Waals surface area contributed by atoms with Gasteiger partial charge in [-0.1, -0.05) is 36.6 Å². The molecule has 2 aliphatic rings. The molecule has 1 amide bonds. The standard InChI is InChI=1S/C25H29ClN4O2S/c1-17-20-22(29-12-4-2-3-5-13-29)27-16-28-23(20)33-21(17)24(31)30-14-10-25(32,11-15-30)18-6-8-19(26)9-7-18/h6-9,16,32H,2-5,10-15H2,1H3. The summed E-state index contributed by atoms with van der Waals surface area (Å²) in [7, 11) is 0. The number of carbonyl (C=O) groups excluding carboxylic acids is 1. The molecule has 1 aromatic carbocycles. The van der Waals surface area contributed by atoms with E-state index in [-0.39, 0.29) is 5.91 Å². The van der Waals surface area contributed by atoms with Gasteiger partial charge in [0.1, 0.15) is 17.0 Å². The summed E-state index contributed by atoms with van der Waals surface area (Å²) >= 11 is 7.46. The van der Waals surface area contributed by atoms with Crippen molar-refractivity contribution in [2.75, 3.05) is 31.1 Å². The first-order valence-electron chi connectivity index (χ1n) is 11.7. The second-order valence-electron chi connectivity index (χ2n) is 9.17. The van der Waals surface area contributed by atoms with Crippen molar-refractivity contribution >= 4 is 44.9 Å². The molecular formula is C25H29ClN4O2S. The Balaban J connectivity index is 1.37. The lowest BCUT2D eigenvalue weighted by Crippen LogP contribution is -2.45. The number of aryl methyl sites for hydroxylation is 1. The molecule has 0 atom stereocenters. The van der Waals surface area contributed by atoms with Crippen LogP contribution in [0.2, 0.25) is 5.02 Å². The van der Waals surface area contributed by atoms with Gasteiger partial charge in [0.15, 0.2) is 0 Å². The number of likely N-dealkylation sites (tertiary alicyclic amines) is 1. The summed E-state index contributed by atoms with van der Waals surface area (Å²) in [6, 6.07) is 7.35. The third kappa shape index (κ3) is 4.34.